The summed E-state index contributed by atoms with van der Waals surface area (Å²) in [5.41, 5.74) is 4.57. The molecule has 0 atom stereocenters. The highest BCUT2D eigenvalue weighted by atomic mass is 16.2. The maximum atomic E-state index is 12.9. The topological polar surface area (TPSA) is 81.0 Å². The molecule has 2 aromatic heterocycles. The summed E-state index contributed by atoms with van der Waals surface area (Å²) < 4.78 is 3.92. The molecule has 1 aliphatic rings. The van der Waals surface area contributed by atoms with E-state index in [0.717, 1.165) is 22.5 Å². The third kappa shape index (κ3) is 5.10. The van der Waals surface area contributed by atoms with Crippen molar-refractivity contribution >= 4 is 17.5 Å². The Balaban J connectivity index is 1.37. The van der Waals surface area contributed by atoms with Gasteiger partial charge in [0.15, 0.2) is 0 Å². The molecule has 0 spiro atoms. The Kier molecular flexibility index (Phi) is 6.73. The van der Waals surface area contributed by atoms with E-state index in [2.05, 4.69) is 27.2 Å². The first-order chi connectivity index (χ1) is 15.5. The van der Waals surface area contributed by atoms with Gasteiger partial charge in [-0.1, -0.05) is 31.4 Å². The van der Waals surface area contributed by atoms with Crippen LogP contribution < -0.4 is 10.6 Å². The Morgan fingerprint density at radius 2 is 1.91 bits per heavy atom. The van der Waals surface area contributed by atoms with Crippen molar-refractivity contribution in [2.45, 2.75) is 65.1 Å². The van der Waals surface area contributed by atoms with Crippen LogP contribution >= 0.6 is 0 Å². The average molecular weight is 434 g/mol. The van der Waals surface area contributed by atoms with Crippen LogP contribution in [-0.4, -0.2) is 26.2 Å². The average Bonchev–Trinajstić information content (AvgIpc) is 3.40. The number of benzene rings is 1. The molecule has 0 radical (unpaired) electrons. The van der Waals surface area contributed by atoms with E-state index < -0.39 is 0 Å². The summed E-state index contributed by atoms with van der Waals surface area (Å²) in [6.45, 7) is 4.69. The molecule has 2 heterocycles. The van der Waals surface area contributed by atoms with Gasteiger partial charge in [-0.15, -0.1) is 0 Å². The van der Waals surface area contributed by atoms with Crippen LogP contribution in [0.4, 0.5) is 5.69 Å². The molecule has 2 N–H and O–H groups in total. The maximum Gasteiger partial charge on any atom is 0.253 e. The molecule has 7 nitrogen and oxygen atoms in total. The predicted molar refractivity (Wildman–Crippen MR) is 124 cm³/mol. The van der Waals surface area contributed by atoms with Crippen molar-refractivity contribution in [2.75, 3.05) is 5.32 Å². The molecule has 0 unspecified atom stereocenters. The third-order valence-electron chi connectivity index (χ3n) is 6.20. The number of aromatic nitrogens is 3. The molecule has 32 heavy (non-hydrogen) atoms. The van der Waals surface area contributed by atoms with Gasteiger partial charge < -0.3 is 15.2 Å². The fourth-order valence-electron chi connectivity index (χ4n) is 4.69. The van der Waals surface area contributed by atoms with Crippen LogP contribution in [0.2, 0.25) is 0 Å². The number of aryl methyl sites for hydroxylation is 1. The van der Waals surface area contributed by atoms with Crippen LogP contribution in [0, 0.1) is 13.8 Å². The van der Waals surface area contributed by atoms with Crippen LogP contribution in [0.25, 0.3) is 0 Å². The minimum absolute atomic E-state index is 0.0618. The van der Waals surface area contributed by atoms with Gasteiger partial charge >= 0.3 is 0 Å². The Labute approximate surface area is 188 Å². The number of carbonyl (C=O) groups is 2. The summed E-state index contributed by atoms with van der Waals surface area (Å²) in [5.74, 6) is -0.210. The van der Waals surface area contributed by atoms with E-state index in [1.54, 1.807) is 23.1 Å². The molecule has 168 valence electrons. The fraction of sp³-hybridized carbons (Fsp3) is 0.400. The minimum Gasteiger partial charge on any atom is -0.348 e. The molecule has 3 aromatic rings. The lowest BCUT2D eigenvalue weighted by atomic mass is 9.95. The van der Waals surface area contributed by atoms with E-state index in [-0.39, 0.29) is 18.4 Å². The Morgan fingerprint density at radius 3 is 2.66 bits per heavy atom. The molecule has 0 bridgehead atoms. The van der Waals surface area contributed by atoms with Crippen molar-refractivity contribution < 1.29 is 9.59 Å². The second-order valence-electron chi connectivity index (χ2n) is 8.58. The Hall–Kier alpha value is -3.35. The van der Waals surface area contributed by atoms with Crippen LogP contribution in [-0.2, 0) is 17.9 Å². The first kappa shape index (κ1) is 21.9. The first-order valence-corrected chi connectivity index (χ1v) is 11.3. The number of anilines is 1. The van der Waals surface area contributed by atoms with Crippen molar-refractivity contribution in [3.8, 4) is 0 Å². The van der Waals surface area contributed by atoms with Gasteiger partial charge in [0.05, 0.1) is 5.56 Å². The van der Waals surface area contributed by atoms with E-state index in [0.29, 0.717) is 18.3 Å². The van der Waals surface area contributed by atoms with E-state index >= 15 is 0 Å². The molecule has 0 saturated heterocycles. The summed E-state index contributed by atoms with van der Waals surface area (Å²) in [6, 6.07) is 11.8. The third-order valence-corrected chi connectivity index (χ3v) is 6.20. The van der Waals surface area contributed by atoms with Gasteiger partial charge in [0.1, 0.15) is 6.54 Å². The number of carbonyl (C=O) groups excluding carboxylic acids is 2. The van der Waals surface area contributed by atoms with Gasteiger partial charge in [-0.2, -0.15) is 5.10 Å². The summed E-state index contributed by atoms with van der Waals surface area (Å²) in [5, 5.41) is 9.96. The zero-order valence-electron chi connectivity index (χ0n) is 18.8. The van der Waals surface area contributed by atoms with Crippen LogP contribution in [0.5, 0.6) is 0 Å². The second-order valence-corrected chi connectivity index (χ2v) is 8.58. The first-order valence-electron chi connectivity index (χ1n) is 11.3. The number of rotatable bonds is 7. The van der Waals surface area contributed by atoms with Gasteiger partial charge in [-0.25, -0.2) is 0 Å². The highest BCUT2D eigenvalue weighted by Crippen LogP contribution is 2.32. The number of hydrogen-bond donors (Lipinski definition) is 2. The molecule has 1 aliphatic carbocycles. The maximum absolute atomic E-state index is 12.9. The SMILES string of the molecule is Cc1cc(C(=O)NCc2cccc(NC(=O)Cn3cccn3)c2)c(C)n1C1CCCCC1. The second kappa shape index (κ2) is 9.85. The highest BCUT2D eigenvalue weighted by molar-refractivity contribution is 5.95. The Morgan fingerprint density at radius 1 is 1.09 bits per heavy atom. The lowest BCUT2D eigenvalue weighted by molar-refractivity contribution is -0.116. The molecular formula is C25H31N5O2. The van der Waals surface area contributed by atoms with Crippen molar-refractivity contribution in [3.63, 3.8) is 0 Å². The quantitative estimate of drug-likeness (QED) is 0.580. The van der Waals surface area contributed by atoms with Gasteiger partial charge in [-0.3, -0.25) is 14.3 Å². The van der Waals surface area contributed by atoms with Crippen molar-refractivity contribution in [1.29, 1.82) is 0 Å². The monoisotopic (exact) mass is 433 g/mol. The van der Waals surface area contributed by atoms with E-state index in [9.17, 15) is 9.59 Å². The van der Waals surface area contributed by atoms with Gasteiger partial charge in [0, 0.05) is 42.1 Å². The number of hydrogen-bond acceptors (Lipinski definition) is 3. The lowest BCUT2D eigenvalue weighted by Gasteiger charge is -2.26. The van der Waals surface area contributed by atoms with Crippen LogP contribution in [0.1, 0.15) is 65.5 Å². The van der Waals surface area contributed by atoms with Crippen LogP contribution in [0.15, 0.2) is 48.8 Å². The van der Waals surface area contributed by atoms with Crippen molar-refractivity contribution in [1.82, 2.24) is 19.7 Å². The molecule has 0 aliphatic heterocycles. The van der Waals surface area contributed by atoms with Gasteiger partial charge in [0.25, 0.3) is 5.91 Å². The number of nitrogens with one attached hydrogen (secondary N) is 2. The summed E-state index contributed by atoms with van der Waals surface area (Å²) in [6.07, 6.45) is 9.61. The summed E-state index contributed by atoms with van der Waals surface area (Å²) in [4.78, 5) is 25.1. The van der Waals surface area contributed by atoms with Crippen molar-refractivity contribution in [2.24, 2.45) is 0 Å². The molecule has 2 amide bonds. The molecule has 4 rings (SSSR count). The summed E-state index contributed by atoms with van der Waals surface area (Å²) in [7, 11) is 0. The normalized spacial score (nSPS) is 14.3. The summed E-state index contributed by atoms with van der Waals surface area (Å²) >= 11 is 0. The fourth-order valence-corrected chi connectivity index (χ4v) is 4.69. The minimum atomic E-state index is -0.148. The molecular weight excluding hydrogens is 402 g/mol. The smallest absolute Gasteiger partial charge is 0.253 e. The van der Waals surface area contributed by atoms with Crippen molar-refractivity contribution in [3.05, 3.63) is 71.3 Å². The zero-order chi connectivity index (χ0) is 22.5. The predicted octanol–water partition coefficient (Wildman–Crippen LogP) is 4.38. The molecule has 1 fully saturated rings. The number of nitrogens with zero attached hydrogens (tertiary/aromatic N) is 3. The molecule has 1 saturated carbocycles. The lowest BCUT2D eigenvalue weighted by Crippen LogP contribution is -2.24. The largest absolute Gasteiger partial charge is 0.348 e. The standard InChI is InChI=1S/C25H31N5O2/c1-18-14-23(19(2)30(18)22-10-4-3-5-11-22)25(32)26-16-20-8-6-9-21(15-20)28-24(31)17-29-13-7-12-27-29/h6-9,12-15,22H,3-5,10-11,16-17H2,1-2H3,(H,26,32)(H,28,31). The van der Waals surface area contributed by atoms with E-state index in [4.69, 9.17) is 0 Å². The Bertz CT molecular complexity index is 1080. The molecule has 1 aromatic carbocycles. The highest BCUT2D eigenvalue weighted by Gasteiger charge is 2.22. The van der Waals surface area contributed by atoms with E-state index in [1.807, 2.05) is 37.3 Å². The van der Waals surface area contributed by atoms with Crippen LogP contribution in [0.3, 0.4) is 0 Å². The molecule has 7 heteroatoms. The van der Waals surface area contributed by atoms with Gasteiger partial charge in [-0.05, 0) is 56.5 Å². The zero-order valence-corrected chi connectivity index (χ0v) is 18.8. The number of amides is 2. The van der Waals surface area contributed by atoms with E-state index in [1.165, 1.54) is 32.1 Å². The van der Waals surface area contributed by atoms with Gasteiger partial charge in [0.2, 0.25) is 5.91 Å².